The summed E-state index contributed by atoms with van der Waals surface area (Å²) in [5.41, 5.74) is 0.603. The molecule has 6 heteroatoms. The van der Waals surface area contributed by atoms with E-state index in [9.17, 15) is 14.0 Å². The van der Waals surface area contributed by atoms with Gasteiger partial charge in [0, 0.05) is 0 Å². The van der Waals surface area contributed by atoms with E-state index in [1.807, 2.05) is 5.32 Å². The number of aryl methyl sites for hydroxylation is 1. The van der Waals surface area contributed by atoms with Crippen LogP contribution in [0.4, 0.5) is 14.9 Å². The number of hydrogen-bond donors (Lipinski definition) is 2. The molecule has 0 heterocycles. The first-order valence-electron chi connectivity index (χ1n) is 4.93. The second-order valence-corrected chi connectivity index (χ2v) is 4.15. The molecule has 0 aliphatic rings. The van der Waals surface area contributed by atoms with Crippen LogP contribution in [0.3, 0.4) is 0 Å². The highest BCUT2D eigenvalue weighted by Gasteiger charge is 2.14. The summed E-state index contributed by atoms with van der Waals surface area (Å²) in [6, 6.07) is 3.58. The zero-order chi connectivity index (χ0) is 13.0. The Morgan fingerprint density at radius 2 is 2.06 bits per heavy atom. The molecule has 1 aromatic rings. The van der Waals surface area contributed by atoms with E-state index in [1.54, 1.807) is 13.0 Å². The van der Waals surface area contributed by atoms with Crippen molar-refractivity contribution in [2.24, 2.45) is 0 Å². The third-order valence-corrected chi connectivity index (χ3v) is 2.26. The van der Waals surface area contributed by atoms with Crippen LogP contribution in [-0.2, 0) is 4.79 Å². The largest absolute Gasteiger partial charge is 0.326 e. The highest BCUT2D eigenvalue weighted by Crippen LogP contribution is 2.18. The average molecular weight is 259 g/mol. The number of carbonyl (C=O) groups excluding carboxylic acids is 2. The summed E-state index contributed by atoms with van der Waals surface area (Å²) in [6.45, 7) is 3.07. The summed E-state index contributed by atoms with van der Waals surface area (Å²) >= 11 is 5.47. The Balaban J connectivity index is 2.72. The molecule has 0 saturated carbocycles. The zero-order valence-corrected chi connectivity index (χ0v) is 10.1. The van der Waals surface area contributed by atoms with Crippen LogP contribution in [0.15, 0.2) is 18.2 Å². The maximum absolute atomic E-state index is 13.4. The summed E-state index contributed by atoms with van der Waals surface area (Å²) in [4.78, 5) is 22.5. The van der Waals surface area contributed by atoms with Crippen LogP contribution in [0.1, 0.15) is 12.5 Å². The van der Waals surface area contributed by atoms with Crippen molar-refractivity contribution in [2.75, 3.05) is 5.32 Å². The molecule has 4 nitrogen and oxygen atoms in total. The van der Waals surface area contributed by atoms with Gasteiger partial charge in [0.05, 0.1) is 5.69 Å². The van der Waals surface area contributed by atoms with E-state index >= 15 is 0 Å². The Morgan fingerprint density at radius 3 is 2.59 bits per heavy atom. The van der Waals surface area contributed by atoms with E-state index < -0.39 is 23.1 Å². The Morgan fingerprint density at radius 1 is 1.41 bits per heavy atom. The molecule has 1 atom stereocenters. The summed E-state index contributed by atoms with van der Waals surface area (Å²) in [7, 11) is 0. The number of hydrogen-bond acceptors (Lipinski definition) is 2. The molecule has 0 fully saturated rings. The van der Waals surface area contributed by atoms with Crippen molar-refractivity contribution >= 4 is 29.2 Å². The highest BCUT2D eigenvalue weighted by molar-refractivity contribution is 6.31. The predicted octanol–water partition coefficient (Wildman–Crippen LogP) is 2.41. The minimum absolute atomic E-state index is 0.0417. The van der Waals surface area contributed by atoms with Crippen molar-refractivity contribution in [1.82, 2.24) is 5.32 Å². The maximum Gasteiger partial charge on any atom is 0.326 e. The van der Waals surface area contributed by atoms with Gasteiger partial charge in [-0.2, -0.15) is 0 Å². The molecule has 92 valence electrons. The van der Waals surface area contributed by atoms with Gasteiger partial charge in [-0.15, -0.1) is 11.6 Å². The van der Waals surface area contributed by atoms with Crippen molar-refractivity contribution in [3.63, 3.8) is 0 Å². The van der Waals surface area contributed by atoms with Gasteiger partial charge in [-0.3, -0.25) is 10.1 Å². The lowest BCUT2D eigenvalue weighted by Gasteiger charge is -2.10. The third kappa shape index (κ3) is 3.71. The summed E-state index contributed by atoms with van der Waals surface area (Å²) in [5, 5.41) is 3.42. The molecule has 1 unspecified atom stereocenters. The lowest BCUT2D eigenvalue weighted by molar-refractivity contribution is -0.119. The molecule has 0 aliphatic carbocycles. The molecule has 1 aromatic carbocycles. The first-order chi connectivity index (χ1) is 7.91. The fourth-order valence-electron chi connectivity index (χ4n) is 1.15. The molecular formula is C11H12ClFN2O2. The van der Waals surface area contributed by atoms with Crippen LogP contribution in [-0.4, -0.2) is 17.3 Å². The number of carbonyl (C=O) groups is 2. The molecule has 0 bridgehead atoms. The number of imide groups is 1. The van der Waals surface area contributed by atoms with Crippen molar-refractivity contribution in [1.29, 1.82) is 0 Å². The summed E-state index contributed by atoms with van der Waals surface area (Å²) in [6.07, 6.45) is 0. The van der Waals surface area contributed by atoms with E-state index in [4.69, 9.17) is 11.6 Å². The number of anilines is 1. The van der Waals surface area contributed by atoms with E-state index in [-0.39, 0.29) is 5.69 Å². The normalized spacial score (nSPS) is 11.8. The fraction of sp³-hybridized carbons (Fsp3) is 0.273. The molecule has 17 heavy (non-hydrogen) atoms. The maximum atomic E-state index is 13.4. The van der Waals surface area contributed by atoms with Crippen LogP contribution in [0.5, 0.6) is 0 Å². The van der Waals surface area contributed by atoms with Crippen LogP contribution >= 0.6 is 11.6 Å². The Labute approximate surface area is 103 Å². The lowest BCUT2D eigenvalue weighted by atomic mass is 10.2. The molecule has 0 spiro atoms. The fourth-order valence-corrected chi connectivity index (χ4v) is 1.20. The number of urea groups is 1. The van der Waals surface area contributed by atoms with E-state index in [0.29, 0.717) is 5.56 Å². The topological polar surface area (TPSA) is 58.2 Å². The number of nitrogens with one attached hydrogen (secondary N) is 2. The molecule has 0 radical (unpaired) electrons. The predicted molar refractivity (Wildman–Crippen MR) is 63.6 cm³/mol. The van der Waals surface area contributed by atoms with Crippen molar-refractivity contribution < 1.29 is 14.0 Å². The lowest BCUT2D eigenvalue weighted by Crippen LogP contribution is -2.38. The second-order valence-electron chi connectivity index (χ2n) is 3.49. The minimum Gasteiger partial charge on any atom is -0.305 e. The molecule has 1 rings (SSSR count). The van der Waals surface area contributed by atoms with Gasteiger partial charge in [-0.1, -0.05) is 12.1 Å². The standard InChI is InChI=1S/C11H12ClFN2O2/c1-6-4-3-5-8(13)9(6)14-11(17)15-10(16)7(2)12/h3-5,7H,1-2H3,(H2,14,15,16,17). The van der Waals surface area contributed by atoms with Gasteiger partial charge >= 0.3 is 6.03 Å². The van der Waals surface area contributed by atoms with Gasteiger partial charge in [-0.05, 0) is 25.5 Å². The SMILES string of the molecule is Cc1cccc(F)c1NC(=O)NC(=O)C(C)Cl. The number of rotatable bonds is 2. The van der Waals surface area contributed by atoms with Gasteiger partial charge in [0.2, 0.25) is 5.91 Å². The first kappa shape index (κ1) is 13.4. The van der Waals surface area contributed by atoms with Crippen LogP contribution in [0, 0.1) is 12.7 Å². The molecule has 2 N–H and O–H groups in total. The molecule has 3 amide bonds. The number of halogens is 2. The van der Waals surface area contributed by atoms with Gasteiger partial charge < -0.3 is 5.32 Å². The monoisotopic (exact) mass is 258 g/mol. The van der Waals surface area contributed by atoms with E-state index in [0.717, 1.165) is 0 Å². The zero-order valence-electron chi connectivity index (χ0n) is 9.38. The van der Waals surface area contributed by atoms with Crippen LogP contribution in [0.25, 0.3) is 0 Å². The molecular weight excluding hydrogens is 247 g/mol. The quantitative estimate of drug-likeness (QED) is 0.801. The van der Waals surface area contributed by atoms with Gasteiger partial charge in [0.25, 0.3) is 0 Å². The number of alkyl halides is 1. The first-order valence-corrected chi connectivity index (χ1v) is 5.36. The molecule has 0 aromatic heterocycles. The van der Waals surface area contributed by atoms with Gasteiger partial charge in [0.15, 0.2) is 0 Å². The second kappa shape index (κ2) is 5.63. The van der Waals surface area contributed by atoms with Crippen molar-refractivity contribution in [3.05, 3.63) is 29.6 Å². The number of amides is 3. The average Bonchev–Trinajstić information content (AvgIpc) is 2.23. The van der Waals surface area contributed by atoms with E-state index in [2.05, 4.69) is 5.32 Å². The van der Waals surface area contributed by atoms with Crippen LogP contribution < -0.4 is 10.6 Å². The van der Waals surface area contributed by atoms with Crippen molar-refractivity contribution in [2.45, 2.75) is 19.2 Å². The van der Waals surface area contributed by atoms with Gasteiger partial charge in [-0.25, -0.2) is 9.18 Å². The minimum atomic E-state index is -0.831. The Kier molecular flexibility index (Phi) is 4.45. The number of para-hydroxylation sites is 1. The Hall–Kier alpha value is -1.62. The molecule has 0 aliphatic heterocycles. The van der Waals surface area contributed by atoms with Crippen molar-refractivity contribution in [3.8, 4) is 0 Å². The van der Waals surface area contributed by atoms with Gasteiger partial charge in [0.1, 0.15) is 11.2 Å². The Bertz CT molecular complexity index is 429. The summed E-state index contributed by atoms with van der Waals surface area (Å²) in [5.74, 6) is -1.20. The van der Waals surface area contributed by atoms with Crippen LogP contribution in [0.2, 0.25) is 0 Å². The smallest absolute Gasteiger partial charge is 0.305 e. The highest BCUT2D eigenvalue weighted by atomic mass is 35.5. The molecule has 0 saturated heterocycles. The summed E-state index contributed by atoms with van der Waals surface area (Å²) < 4.78 is 13.4. The third-order valence-electron chi connectivity index (χ3n) is 2.06. The number of benzene rings is 1. The van der Waals surface area contributed by atoms with E-state index in [1.165, 1.54) is 19.1 Å².